The van der Waals surface area contributed by atoms with Gasteiger partial charge in [-0.3, -0.25) is 9.10 Å². The van der Waals surface area contributed by atoms with Gasteiger partial charge in [0.25, 0.3) is 5.91 Å². The fraction of sp³-hybridized carbons (Fsp3) is 0.280. The maximum atomic E-state index is 12.5. The second kappa shape index (κ2) is 10.8. The van der Waals surface area contributed by atoms with E-state index in [0.717, 1.165) is 38.8 Å². The van der Waals surface area contributed by atoms with Gasteiger partial charge >= 0.3 is 0 Å². The summed E-state index contributed by atoms with van der Waals surface area (Å²) in [6, 6.07) is 14.3. The Balaban J connectivity index is 1.75. The number of benzene rings is 2. The third-order valence-electron chi connectivity index (χ3n) is 5.55. The number of carbonyl (C=O) groups is 1. The molecule has 0 spiro atoms. The average molecular weight is 535 g/mol. The van der Waals surface area contributed by atoms with E-state index >= 15 is 0 Å². The van der Waals surface area contributed by atoms with Gasteiger partial charge in [-0.05, 0) is 61.7 Å². The molecule has 1 amide bonds. The van der Waals surface area contributed by atoms with Crippen molar-refractivity contribution in [3.05, 3.63) is 81.1 Å². The van der Waals surface area contributed by atoms with Crippen molar-refractivity contribution in [1.29, 1.82) is 0 Å². The standard InChI is InChI=1S/C25H28Cl2N4O3S/c1-16(2)19-6-9-22(10-7-19)30(35(5,33)34)15-25(32)29-28-14-20-12-17(3)31(18(20)4)24-11-8-21(26)13-23(24)27/h6-14,16H,15H2,1-5H3,(H,29,32)/b28-14-. The number of anilines is 1. The van der Waals surface area contributed by atoms with Crippen LogP contribution in [0.4, 0.5) is 5.69 Å². The Morgan fingerprint density at radius 3 is 2.34 bits per heavy atom. The van der Waals surface area contributed by atoms with E-state index in [4.69, 9.17) is 23.2 Å². The lowest BCUT2D eigenvalue weighted by Crippen LogP contribution is -2.39. The van der Waals surface area contributed by atoms with Gasteiger partial charge in [-0.15, -0.1) is 0 Å². The zero-order chi connectivity index (χ0) is 25.9. The van der Waals surface area contributed by atoms with E-state index in [1.54, 1.807) is 24.3 Å². The molecule has 0 saturated carbocycles. The summed E-state index contributed by atoms with van der Waals surface area (Å²) in [7, 11) is -3.67. The third kappa shape index (κ3) is 6.45. The van der Waals surface area contributed by atoms with Gasteiger partial charge < -0.3 is 4.57 Å². The number of carbonyl (C=O) groups excluding carboxylic acids is 1. The molecule has 0 bridgehead atoms. The van der Waals surface area contributed by atoms with Gasteiger partial charge in [0.1, 0.15) is 6.54 Å². The minimum Gasteiger partial charge on any atom is -0.316 e. The molecule has 3 rings (SSSR count). The smallest absolute Gasteiger partial charge is 0.260 e. The van der Waals surface area contributed by atoms with Crippen molar-refractivity contribution in [2.45, 2.75) is 33.6 Å². The molecular weight excluding hydrogens is 507 g/mol. The highest BCUT2D eigenvalue weighted by Gasteiger charge is 2.21. The summed E-state index contributed by atoms with van der Waals surface area (Å²) in [5.74, 6) is -0.250. The Labute approximate surface area is 216 Å². The largest absolute Gasteiger partial charge is 0.316 e. The van der Waals surface area contributed by atoms with E-state index in [0.29, 0.717) is 21.7 Å². The van der Waals surface area contributed by atoms with Crippen molar-refractivity contribution in [1.82, 2.24) is 9.99 Å². The molecular formula is C25H28Cl2N4O3S. The minimum absolute atomic E-state index is 0.311. The SMILES string of the molecule is Cc1cc(/C=N\NC(=O)CN(c2ccc(C(C)C)cc2)S(C)(=O)=O)c(C)n1-c1ccc(Cl)cc1Cl. The molecule has 186 valence electrons. The highest BCUT2D eigenvalue weighted by Crippen LogP contribution is 2.28. The summed E-state index contributed by atoms with van der Waals surface area (Å²) in [5, 5.41) is 5.10. The first kappa shape index (κ1) is 26.8. The van der Waals surface area contributed by atoms with Crippen LogP contribution >= 0.6 is 23.2 Å². The molecule has 0 unspecified atom stereocenters. The highest BCUT2D eigenvalue weighted by molar-refractivity contribution is 7.92. The molecule has 0 atom stereocenters. The van der Waals surface area contributed by atoms with Crippen molar-refractivity contribution in [3.8, 4) is 5.69 Å². The lowest BCUT2D eigenvalue weighted by molar-refractivity contribution is -0.119. The summed E-state index contributed by atoms with van der Waals surface area (Å²) in [6.07, 6.45) is 2.58. The van der Waals surface area contributed by atoms with Gasteiger partial charge in [0.15, 0.2) is 0 Å². The van der Waals surface area contributed by atoms with Gasteiger partial charge in [-0.2, -0.15) is 5.10 Å². The van der Waals surface area contributed by atoms with Crippen LogP contribution in [0.25, 0.3) is 5.69 Å². The Kier molecular flexibility index (Phi) is 8.30. The normalized spacial score (nSPS) is 11.9. The number of hydrogen-bond donors (Lipinski definition) is 1. The van der Waals surface area contributed by atoms with Gasteiger partial charge in [0, 0.05) is 22.0 Å². The maximum Gasteiger partial charge on any atom is 0.260 e. The molecule has 7 nitrogen and oxygen atoms in total. The van der Waals surface area contributed by atoms with Crippen LogP contribution in [0.15, 0.2) is 53.6 Å². The van der Waals surface area contributed by atoms with Crippen LogP contribution in [0.1, 0.15) is 42.3 Å². The Bertz CT molecular complexity index is 1360. The predicted molar refractivity (Wildman–Crippen MR) is 144 cm³/mol. The van der Waals surface area contributed by atoms with Crippen LogP contribution in [0.2, 0.25) is 10.0 Å². The first-order valence-corrected chi connectivity index (χ1v) is 13.5. The predicted octanol–water partition coefficient (Wildman–Crippen LogP) is 5.44. The highest BCUT2D eigenvalue weighted by atomic mass is 35.5. The van der Waals surface area contributed by atoms with Crippen LogP contribution < -0.4 is 9.73 Å². The number of amides is 1. The number of hydrazone groups is 1. The van der Waals surface area contributed by atoms with E-state index in [9.17, 15) is 13.2 Å². The lowest BCUT2D eigenvalue weighted by Gasteiger charge is -2.21. The molecule has 0 aliphatic rings. The van der Waals surface area contributed by atoms with Crippen LogP contribution in [0, 0.1) is 13.8 Å². The molecule has 0 fully saturated rings. The lowest BCUT2D eigenvalue weighted by atomic mass is 10.0. The van der Waals surface area contributed by atoms with Crippen LogP contribution in [0.3, 0.4) is 0 Å². The Hall–Kier alpha value is -2.81. The van der Waals surface area contributed by atoms with E-state index < -0.39 is 22.5 Å². The van der Waals surface area contributed by atoms with Crippen LogP contribution in [-0.4, -0.2) is 37.9 Å². The van der Waals surface area contributed by atoms with Gasteiger partial charge in [-0.25, -0.2) is 13.8 Å². The number of sulfonamides is 1. The van der Waals surface area contributed by atoms with E-state index in [1.165, 1.54) is 6.21 Å². The number of halogens is 2. The minimum atomic E-state index is -3.67. The topological polar surface area (TPSA) is 83.8 Å². The maximum absolute atomic E-state index is 12.5. The number of nitrogens with zero attached hydrogens (tertiary/aromatic N) is 3. The van der Waals surface area contributed by atoms with Crippen molar-refractivity contribution in [2.75, 3.05) is 17.1 Å². The Morgan fingerprint density at radius 1 is 1.11 bits per heavy atom. The molecule has 0 aliphatic carbocycles. The fourth-order valence-electron chi connectivity index (χ4n) is 3.72. The van der Waals surface area contributed by atoms with Gasteiger partial charge in [0.05, 0.1) is 28.9 Å². The van der Waals surface area contributed by atoms with E-state index in [-0.39, 0.29) is 0 Å². The number of rotatable bonds is 8. The number of aromatic nitrogens is 1. The molecule has 0 radical (unpaired) electrons. The zero-order valence-corrected chi connectivity index (χ0v) is 22.5. The Morgan fingerprint density at radius 2 is 1.77 bits per heavy atom. The molecule has 0 aliphatic heterocycles. The first-order valence-electron chi connectivity index (χ1n) is 10.9. The molecule has 10 heteroatoms. The second-order valence-electron chi connectivity index (χ2n) is 8.57. The number of aryl methyl sites for hydroxylation is 1. The van der Waals surface area contributed by atoms with Gasteiger partial charge in [0.2, 0.25) is 10.0 Å². The number of nitrogens with one attached hydrogen (secondary N) is 1. The summed E-state index contributed by atoms with van der Waals surface area (Å²) in [6.45, 7) is 7.55. The summed E-state index contributed by atoms with van der Waals surface area (Å²) < 4.78 is 27.7. The third-order valence-corrected chi connectivity index (χ3v) is 7.23. The number of hydrogen-bond acceptors (Lipinski definition) is 4. The molecule has 35 heavy (non-hydrogen) atoms. The quantitative estimate of drug-likeness (QED) is 0.308. The van der Waals surface area contributed by atoms with Crippen molar-refractivity contribution in [3.63, 3.8) is 0 Å². The van der Waals surface area contributed by atoms with Crippen molar-refractivity contribution in [2.24, 2.45) is 5.10 Å². The van der Waals surface area contributed by atoms with Crippen molar-refractivity contribution < 1.29 is 13.2 Å². The molecule has 0 saturated heterocycles. The zero-order valence-electron chi connectivity index (χ0n) is 20.2. The summed E-state index contributed by atoms with van der Waals surface area (Å²) >= 11 is 12.4. The van der Waals surface area contributed by atoms with E-state index in [2.05, 4.69) is 24.4 Å². The monoisotopic (exact) mass is 534 g/mol. The second-order valence-corrected chi connectivity index (χ2v) is 11.3. The fourth-order valence-corrected chi connectivity index (χ4v) is 5.07. The first-order chi connectivity index (χ1) is 16.4. The van der Waals surface area contributed by atoms with E-state index in [1.807, 2.05) is 42.7 Å². The van der Waals surface area contributed by atoms with Gasteiger partial charge in [-0.1, -0.05) is 49.2 Å². The molecule has 1 heterocycles. The molecule has 1 aromatic heterocycles. The van der Waals surface area contributed by atoms with Crippen LogP contribution in [0.5, 0.6) is 0 Å². The van der Waals surface area contributed by atoms with Crippen molar-refractivity contribution >= 4 is 51.0 Å². The molecule has 1 N–H and O–H groups in total. The summed E-state index contributed by atoms with van der Waals surface area (Å²) in [5.41, 5.74) is 7.26. The molecule has 3 aromatic rings. The van der Waals surface area contributed by atoms with Crippen LogP contribution in [-0.2, 0) is 14.8 Å². The molecule has 2 aromatic carbocycles. The average Bonchev–Trinajstić information content (AvgIpc) is 3.04. The summed E-state index contributed by atoms with van der Waals surface area (Å²) in [4.78, 5) is 12.5.